The third kappa shape index (κ3) is 4.77. The maximum Gasteiger partial charge on any atom is 0.189 e. The van der Waals surface area contributed by atoms with Gasteiger partial charge in [0.1, 0.15) is 41.3 Å². The molecule has 1 aromatic carbocycles. The van der Waals surface area contributed by atoms with Crippen LogP contribution in [-0.4, -0.2) is 22.8 Å². The van der Waals surface area contributed by atoms with Gasteiger partial charge >= 0.3 is 0 Å². The molecule has 0 saturated heterocycles. The summed E-state index contributed by atoms with van der Waals surface area (Å²) in [5.74, 6) is 2.44. The van der Waals surface area contributed by atoms with E-state index in [9.17, 15) is 5.26 Å². The van der Waals surface area contributed by atoms with Crippen LogP contribution >= 0.6 is 11.8 Å². The maximum absolute atomic E-state index is 9.29. The van der Waals surface area contributed by atoms with Crippen LogP contribution in [0.4, 0.5) is 5.82 Å². The molecular weight excluding hydrogens is 324 g/mol. The lowest BCUT2D eigenvalue weighted by atomic mass is 10.2. The van der Waals surface area contributed by atoms with Crippen LogP contribution in [0.3, 0.4) is 0 Å². The zero-order valence-corrected chi connectivity index (χ0v) is 14.6. The smallest absolute Gasteiger partial charge is 0.189 e. The van der Waals surface area contributed by atoms with E-state index in [1.807, 2.05) is 18.2 Å². The summed E-state index contributed by atoms with van der Waals surface area (Å²) in [7, 11) is 1.60. The third-order valence-corrected chi connectivity index (χ3v) is 4.18. The van der Waals surface area contributed by atoms with E-state index < -0.39 is 0 Å². The Labute approximate surface area is 146 Å². The van der Waals surface area contributed by atoms with Gasteiger partial charge in [-0.25, -0.2) is 9.97 Å². The largest absolute Gasteiger partial charge is 0.497 e. The number of benzene rings is 1. The summed E-state index contributed by atoms with van der Waals surface area (Å²) in [4.78, 5) is 8.62. The van der Waals surface area contributed by atoms with Crippen molar-refractivity contribution in [3.05, 3.63) is 35.5 Å². The van der Waals surface area contributed by atoms with Crippen LogP contribution in [0.1, 0.15) is 31.0 Å². The zero-order chi connectivity index (χ0) is 17.4. The molecule has 2 aromatic rings. The van der Waals surface area contributed by atoms with E-state index in [0.29, 0.717) is 22.3 Å². The molecule has 24 heavy (non-hydrogen) atoms. The fraction of sp³-hybridized carbons (Fsp3) is 0.353. The highest BCUT2D eigenvalue weighted by Crippen LogP contribution is 2.23. The van der Waals surface area contributed by atoms with Gasteiger partial charge in [-0.2, -0.15) is 5.26 Å². The molecule has 0 bridgehead atoms. The molecule has 0 unspecified atom stereocenters. The Balaban J connectivity index is 2.16. The second-order valence-electron chi connectivity index (χ2n) is 4.99. The number of nitrogen functional groups attached to an aromatic ring is 1. The summed E-state index contributed by atoms with van der Waals surface area (Å²) in [5, 5.41) is 9.86. The first-order valence-corrected chi connectivity index (χ1v) is 8.62. The van der Waals surface area contributed by atoms with Gasteiger partial charge in [-0.15, -0.1) is 0 Å². The molecular formula is C17H20N4O2S. The molecule has 0 aliphatic heterocycles. The van der Waals surface area contributed by atoms with E-state index in [1.54, 1.807) is 13.2 Å². The van der Waals surface area contributed by atoms with Gasteiger partial charge in [-0.05, 0) is 18.6 Å². The number of methoxy groups -OCH3 is 1. The van der Waals surface area contributed by atoms with Crippen molar-refractivity contribution in [3.63, 3.8) is 0 Å². The highest BCUT2D eigenvalue weighted by atomic mass is 32.2. The molecule has 2 N–H and O–H groups in total. The van der Waals surface area contributed by atoms with Gasteiger partial charge in [-0.1, -0.05) is 31.2 Å². The number of hydrogen-bond donors (Lipinski definition) is 1. The highest BCUT2D eigenvalue weighted by Gasteiger charge is 2.13. The van der Waals surface area contributed by atoms with Crippen molar-refractivity contribution < 1.29 is 9.47 Å². The molecule has 1 aromatic heterocycles. The number of hydrogen-bond acceptors (Lipinski definition) is 7. The molecule has 6 nitrogen and oxygen atoms in total. The van der Waals surface area contributed by atoms with E-state index in [2.05, 4.69) is 23.0 Å². The fourth-order valence-corrected chi connectivity index (χ4v) is 2.90. The molecule has 0 aliphatic rings. The first-order chi connectivity index (χ1) is 11.7. The fourth-order valence-electron chi connectivity index (χ4n) is 1.94. The SMILES string of the molecule is CCCCSc1nc(N)c(C#N)c(COc2cccc(OC)c2)n1. The van der Waals surface area contributed by atoms with Crippen molar-refractivity contribution in [1.82, 2.24) is 9.97 Å². The van der Waals surface area contributed by atoms with E-state index in [0.717, 1.165) is 18.6 Å². The van der Waals surface area contributed by atoms with Gasteiger partial charge in [0.15, 0.2) is 5.16 Å². The summed E-state index contributed by atoms with van der Waals surface area (Å²) in [6.45, 7) is 2.27. The molecule has 0 fully saturated rings. The number of aromatic nitrogens is 2. The Bertz CT molecular complexity index is 731. The molecule has 0 spiro atoms. The lowest BCUT2D eigenvalue weighted by Gasteiger charge is -2.10. The van der Waals surface area contributed by atoms with Crippen molar-refractivity contribution >= 4 is 17.6 Å². The molecule has 0 aliphatic carbocycles. The Kier molecular flexibility index (Phi) is 6.70. The van der Waals surface area contributed by atoms with Crippen LogP contribution < -0.4 is 15.2 Å². The number of thioether (sulfide) groups is 1. The van der Waals surface area contributed by atoms with Gasteiger partial charge in [-0.3, -0.25) is 0 Å². The average molecular weight is 344 g/mol. The predicted octanol–water partition coefficient (Wildman–Crippen LogP) is 3.41. The lowest BCUT2D eigenvalue weighted by Crippen LogP contribution is -2.08. The number of nitriles is 1. The Morgan fingerprint density at radius 3 is 2.79 bits per heavy atom. The number of unbranched alkanes of at least 4 members (excludes halogenated alkanes) is 1. The molecule has 1 heterocycles. The Morgan fingerprint density at radius 1 is 1.29 bits per heavy atom. The molecule has 0 radical (unpaired) electrons. The predicted molar refractivity (Wildman–Crippen MR) is 94.1 cm³/mol. The average Bonchev–Trinajstić information content (AvgIpc) is 2.60. The zero-order valence-electron chi connectivity index (χ0n) is 13.8. The summed E-state index contributed by atoms with van der Waals surface area (Å²) in [5.41, 5.74) is 6.64. The van der Waals surface area contributed by atoms with E-state index in [4.69, 9.17) is 15.2 Å². The number of nitrogens with two attached hydrogens (primary N) is 1. The van der Waals surface area contributed by atoms with Crippen LogP contribution in [0.15, 0.2) is 29.4 Å². The molecule has 2 rings (SSSR count). The van der Waals surface area contributed by atoms with E-state index >= 15 is 0 Å². The minimum Gasteiger partial charge on any atom is -0.497 e. The number of ether oxygens (including phenoxy) is 2. The molecule has 126 valence electrons. The van der Waals surface area contributed by atoms with Crippen LogP contribution in [0.25, 0.3) is 0 Å². The van der Waals surface area contributed by atoms with E-state index in [1.165, 1.54) is 11.8 Å². The Hall–Kier alpha value is -2.46. The first kappa shape index (κ1) is 17.9. The van der Waals surface area contributed by atoms with Crippen molar-refractivity contribution in [1.29, 1.82) is 5.26 Å². The highest BCUT2D eigenvalue weighted by molar-refractivity contribution is 7.99. The van der Waals surface area contributed by atoms with Gasteiger partial charge < -0.3 is 15.2 Å². The topological polar surface area (TPSA) is 94.0 Å². The summed E-state index contributed by atoms with van der Waals surface area (Å²) < 4.78 is 10.9. The summed E-state index contributed by atoms with van der Waals surface area (Å²) >= 11 is 1.53. The summed E-state index contributed by atoms with van der Waals surface area (Å²) in [6.07, 6.45) is 2.17. The molecule has 0 amide bonds. The second-order valence-corrected chi connectivity index (χ2v) is 6.06. The van der Waals surface area contributed by atoms with Crippen LogP contribution in [0.2, 0.25) is 0 Å². The molecule has 0 saturated carbocycles. The minimum absolute atomic E-state index is 0.143. The van der Waals surface area contributed by atoms with Gasteiger partial charge in [0.2, 0.25) is 0 Å². The molecule has 7 heteroatoms. The number of rotatable bonds is 8. The minimum atomic E-state index is 0.143. The standard InChI is InChI=1S/C17H20N4O2S/c1-3-4-8-24-17-20-15(14(10-18)16(19)21-17)11-23-13-7-5-6-12(9-13)22-2/h5-7,9H,3-4,8,11H2,1-2H3,(H2,19,20,21). The van der Waals surface area contributed by atoms with Gasteiger partial charge in [0.25, 0.3) is 0 Å². The third-order valence-electron chi connectivity index (χ3n) is 3.25. The monoisotopic (exact) mass is 344 g/mol. The Morgan fingerprint density at radius 2 is 2.08 bits per heavy atom. The van der Waals surface area contributed by atoms with Crippen molar-refractivity contribution in [2.75, 3.05) is 18.6 Å². The van der Waals surface area contributed by atoms with Crippen molar-refractivity contribution in [3.8, 4) is 17.6 Å². The molecule has 0 atom stereocenters. The number of nitrogens with zero attached hydrogens (tertiary/aromatic N) is 3. The lowest BCUT2D eigenvalue weighted by molar-refractivity contribution is 0.297. The summed E-state index contributed by atoms with van der Waals surface area (Å²) in [6, 6.07) is 9.31. The maximum atomic E-state index is 9.29. The van der Waals surface area contributed by atoms with E-state index in [-0.39, 0.29) is 18.0 Å². The van der Waals surface area contributed by atoms with Crippen molar-refractivity contribution in [2.45, 2.75) is 31.5 Å². The first-order valence-electron chi connectivity index (χ1n) is 7.64. The van der Waals surface area contributed by atoms with Crippen LogP contribution in [0, 0.1) is 11.3 Å². The number of anilines is 1. The quantitative estimate of drug-likeness (QED) is 0.445. The van der Waals surface area contributed by atoms with Crippen molar-refractivity contribution in [2.24, 2.45) is 0 Å². The normalized spacial score (nSPS) is 10.2. The van der Waals surface area contributed by atoms with Gasteiger partial charge in [0.05, 0.1) is 7.11 Å². The second kappa shape index (κ2) is 8.99. The van der Waals surface area contributed by atoms with Crippen LogP contribution in [0.5, 0.6) is 11.5 Å². The van der Waals surface area contributed by atoms with Crippen LogP contribution in [-0.2, 0) is 6.61 Å². The van der Waals surface area contributed by atoms with Gasteiger partial charge in [0, 0.05) is 11.8 Å².